The van der Waals surface area contributed by atoms with Crippen molar-refractivity contribution in [3.8, 4) is 11.5 Å². The molecule has 0 aliphatic heterocycles. The molecule has 0 bridgehead atoms. The number of nitrogens with one attached hydrogen (secondary N) is 1. The Balaban J connectivity index is 2.91. The summed E-state index contributed by atoms with van der Waals surface area (Å²) < 4.78 is 45.5. The molecule has 100 valence electrons. The predicted molar refractivity (Wildman–Crippen MR) is 59.7 cm³/mol. The SMILES string of the molecule is CCC(Oc1ccccc1OC(F)(F)F)C(=N)N. The molecule has 0 aromatic heterocycles. The Labute approximate surface area is 102 Å². The second-order valence-corrected chi connectivity index (χ2v) is 3.46. The first-order valence-electron chi connectivity index (χ1n) is 5.19. The number of ether oxygens (including phenoxy) is 2. The molecule has 3 N–H and O–H groups in total. The Hall–Kier alpha value is -1.92. The van der Waals surface area contributed by atoms with Crippen LogP contribution < -0.4 is 15.2 Å². The van der Waals surface area contributed by atoms with E-state index in [0.717, 1.165) is 6.07 Å². The van der Waals surface area contributed by atoms with Crippen molar-refractivity contribution >= 4 is 5.84 Å². The van der Waals surface area contributed by atoms with Crippen LogP contribution in [0.4, 0.5) is 13.2 Å². The maximum absolute atomic E-state index is 12.2. The highest BCUT2D eigenvalue weighted by molar-refractivity contribution is 5.82. The summed E-state index contributed by atoms with van der Waals surface area (Å²) in [6, 6.07) is 5.36. The maximum atomic E-state index is 12.2. The minimum absolute atomic E-state index is 0.100. The smallest absolute Gasteiger partial charge is 0.479 e. The molecule has 0 saturated carbocycles. The van der Waals surface area contributed by atoms with Gasteiger partial charge in [0.15, 0.2) is 17.6 Å². The lowest BCUT2D eigenvalue weighted by molar-refractivity contribution is -0.275. The summed E-state index contributed by atoms with van der Waals surface area (Å²) in [6.45, 7) is 1.71. The highest BCUT2D eigenvalue weighted by Gasteiger charge is 2.32. The van der Waals surface area contributed by atoms with Crippen LogP contribution in [0.5, 0.6) is 11.5 Å². The van der Waals surface area contributed by atoms with Gasteiger partial charge in [0.1, 0.15) is 5.84 Å². The molecule has 0 spiro atoms. The topological polar surface area (TPSA) is 68.3 Å². The number of alkyl halides is 3. The van der Waals surface area contributed by atoms with Gasteiger partial charge in [0.25, 0.3) is 0 Å². The molecule has 0 aliphatic carbocycles. The Morgan fingerprint density at radius 1 is 1.33 bits per heavy atom. The van der Waals surface area contributed by atoms with Gasteiger partial charge >= 0.3 is 6.36 Å². The van der Waals surface area contributed by atoms with E-state index in [-0.39, 0.29) is 11.6 Å². The van der Waals surface area contributed by atoms with Crippen LogP contribution in [0.25, 0.3) is 0 Å². The molecular formula is C11H13F3N2O2. The minimum atomic E-state index is -4.79. The molecule has 4 nitrogen and oxygen atoms in total. The van der Waals surface area contributed by atoms with Crippen LogP contribution in [0.15, 0.2) is 24.3 Å². The summed E-state index contributed by atoms with van der Waals surface area (Å²) in [5.74, 6) is -0.805. The van der Waals surface area contributed by atoms with E-state index in [2.05, 4.69) is 4.74 Å². The second-order valence-electron chi connectivity index (χ2n) is 3.46. The zero-order valence-electron chi connectivity index (χ0n) is 9.62. The fourth-order valence-electron chi connectivity index (χ4n) is 1.28. The molecule has 0 heterocycles. The molecule has 0 fully saturated rings. The van der Waals surface area contributed by atoms with Gasteiger partial charge in [-0.2, -0.15) is 0 Å². The molecule has 1 aromatic rings. The van der Waals surface area contributed by atoms with Crippen molar-refractivity contribution < 1.29 is 22.6 Å². The first-order valence-corrected chi connectivity index (χ1v) is 5.19. The first kappa shape index (κ1) is 14.1. The molecule has 1 unspecified atom stereocenters. The fraction of sp³-hybridized carbons (Fsp3) is 0.364. The van der Waals surface area contributed by atoms with Crippen LogP contribution in [-0.2, 0) is 0 Å². The monoisotopic (exact) mass is 262 g/mol. The quantitative estimate of drug-likeness (QED) is 0.633. The van der Waals surface area contributed by atoms with Gasteiger partial charge in [0.2, 0.25) is 0 Å². The summed E-state index contributed by atoms with van der Waals surface area (Å²) >= 11 is 0. The van der Waals surface area contributed by atoms with E-state index in [9.17, 15) is 13.2 Å². The number of para-hydroxylation sites is 2. The number of hydrogen-bond acceptors (Lipinski definition) is 3. The number of rotatable bonds is 5. The van der Waals surface area contributed by atoms with E-state index in [4.69, 9.17) is 15.9 Å². The van der Waals surface area contributed by atoms with E-state index in [0.29, 0.717) is 6.42 Å². The lowest BCUT2D eigenvalue weighted by Gasteiger charge is -2.19. The van der Waals surface area contributed by atoms with Gasteiger partial charge in [-0.1, -0.05) is 19.1 Å². The van der Waals surface area contributed by atoms with Crippen LogP contribution in [-0.4, -0.2) is 18.3 Å². The van der Waals surface area contributed by atoms with Crippen LogP contribution in [0.3, 0.4) is 0 Å². The molecule has 0 aliphatic rings. The number of hydrogen-bond donors (Lipinski definition) is 2. The van der Waals surface area contributed by atoms with Gasteiger partial charge in [0, 0.05) is 0 Å². The molecule has 7 heteroatoms. The summed E-state index contributed by atoms with van der Waals surface area (Å²) in [6.07, 6.45) is -5.20. The molecule has 1 rings (SSSR count). The van der Waals surface area contributed by atoms with Gasteiger partial charge in [-0.25, -0.2) is 0 Å². The van der Waals surface area contributed by atoms with Crippen LogP contribution in [0.1, 0.15) is 13.3 Å². The average Bonchev–Trinajstić information content (AvgIpc) is 2.25. The van der Waals surface area contributed by atoms with Crippen molar-refractivity contribution in [2.45, 2.75) is 25.8 Å². The van der Waals surface area contributed by atoms with Crippen molar-refractivity contribution in [2.75, 3.05) is 0 Å². The van der Waals surface area contributed by atoms with Crippen molar-refractivity contribution in [2.24, 2.45) is 5.73 Å². The summed E-state index contributed by atoms with van der Waals surface area (Å²) in [7, 11) is 0. The molecule has 1 aromatic carbocycles. The molecule has 1 atom stereocenters. The zero-order valence-corrected chi connectivity index (χ0v) is 9.62. The Kier molecular flexibility index (Phi) is 4.41. The van der Waals surface area contributed by atoms with Gasteiger partial charge < -0.3 is 15.2 Å². The molecular weight excluding hydrogens is 249 g/mol. The standard InChI is InChI=1S/C11H13F3N2O2/c1-2-7(10(15)16)17-8-5-3-4-6-9(8)18-11(12,13)14/h3-7H,2H2,1H3,(H3,15,16). The van der Waals surface area contributed by atoms with E-state index < -0.39 is 18.2 Å². The summed E-state index contributed by atoms with van der Waals surface area (Å²) in [5, 5.41) is 7.24. The van der Waals surface area contributed by atoms with Crippen LogP contribution in [0, 0.1) is 5.41 Å². The number of halogens is 3. The van der Waals surface area contributed by atoms with E-state index in [1.807, 2.05) is 0 Å². The van der Waals surface area contributed by atoms with E-state index in [1.165, 1.54) is 18.2 Å². The minimum Gasteiger partial charge on any atom is -0.479 e. The maximum Gasteiger partial charge on any atom is 0.573 e. The predicted octanol–water partition coefficient (Wildman–Crippen LogP) is 2.68. The lowest BCUT2D eigenvalue weighted by Crippen LogP contribution is -2.32. The second kappa shape index (κ2) is 5.61. The van der Waals surface area contributed by atoms with Gasteiger partial charge in [-0.15, -0.1) is 13.2 Å². The molecule has 18 heavy (non-hydrogen) atoms. The third-order valence-electron chi connectivity index (χ3n) is 2.06. The molecule has 0 amide bonds. The van der Waals surface area contributed by atoms with Crippen molar-refractivity contribution in [3.05, 3.63) is 24.3 Å². The van der Waals surface area contributed by atoms with Gasteiger partial charge in [-0.3, -0.25) is 5.41 Å². The third kappa shape index (κ3) is 4.15. The fourth-order valence-corrected chi connectivity index (χ4v) is 1.28. The van der Waals surface area contributed by atoms with Crippen molar-refractivity contribution in [1.29, 1.82) is 5.41 Å². The lowest BCUT2D eigenvalue weighted by atomic mass is 10.2. The van der Waals surface area contributed by atoms with E-state index in [1.54, 1.807) is 6.92 Å². The Morgan fingerprint density at radius 2 is 1.89 bits per heavy atom. The normalized spacial score (nSPS) is 12.9. The molecule has 0 saturated heterocycles. The Morgan fingerprint density at radius 3 is 2.33 bits per heavy atom. The third-order valence-corrected chi connectivity index (χ3v) is 2.06. The summed E-state index contributed by atoms with van der Waals surface area (Å²) in [4.78, 5) is 0. The average molecular weight is 262 g/mol. The van der Waals surface area contributed by atoms with Crippen molar-refractivity contribution in [1.82, 2.24) is 0 Å². The number of benzene rings is 1. The first-order chi connectivity index (χ1) is 8.33. The highest BCUT2D eigenvalue weighted by Crippen LogP contribution is 2.32. The van der Waals surface area contributed by atoms with E-state index >= 15 is 0 Å². The largest absolute Gasteiger partial charge is 0.573 e. The summed E-state index contributed by atoms with van der Waals surface area (Å²) in [5.41, 5.74) is 5.27. The van der Waals surface area contributed by atoms with Crippen molar-refractivity contribution in [3.63, 3.8) is 0 Å². The van der Waals surface area contributed by atoms with Crippen LogP contribution >= 0.6 is 0 Å². The van der Waals surface area contributed by atoms with Gasteiger partial charge in [-0.05, 0) is 18.6 Å². The molecule has 0 radical (unpaired) electrons. The van der Waals surface area contributed by atoms with Gasteiger partial charge in [0.05, 0.1) is 0 Å². The zero-order chi connectivity index (χ0) is 13.8. The highest BCUT2D eigenvalue weighted by atomic mass is 19.4. The number of amidine groups is 1. The Bertz CT molecular complexity index is 421. The number of nitrogens with two attached hydrogens (primary N) is 1. The van der Waals surface area contributed by atoms with Crippen LogP contribution in [0.2, 0.25) is 0 Å².